The molecule has 2 nitrogen and oxygen atoms in total. The summed E-state index contributed by atoms with van der Waals surface area (Å²) in [5, 5.41) is 1.00. The predicted molar refractivity (Wildman–Crippen MR) is 65.2 cm³/mol. The summed E-state index contributed by atoms with van der Waals surface area (Å²) in [4.78, 5) is 4.25. The fraction of sp³-hybridized carbons (Fsp3) is 0.0714. The van der Waals surface area contributed by atoms with Gasteiger partial charge in [0, 0.05) is 29.4 Å². The Morgan fingerprint density at radius 3 is 2.83 bits per heavy atom. The van der Waals surface area contributed by atoms with E-state index < -0.39 is 11.6 Å². The van der Waals surface area contributed by atoms with Crippen molar-refractivity contribution in [3.8, 4) is 0 Å². The Bertz CT molecular complexity index is 704. The Morgan fingerprint density at radius 2 is 2.00 bits per heavy atom. The van der Waals surface area contributed by atoms with Crippen LogP contribution in [-0.2, 0) is 6.54 Å². The van der Waals surface area contributed by atoms with Crippen molar-refractivity contribution in [2.75, 3.05) is 0 Å². The normalized spacial score (nSPS) is 11.0. The first kappa shape index (κ1) is 10.9. The van der Waals surface area contributed by atoms with Crippen molar-refractivity contribution in [1.29, 1.82) is 0 Å². The monoisotopic (exact) mass is 244 g/mol. The molecule has 0 fully saturated rings. The first-order valence-corrected chi connectivity index (χ1v) is 5.58. The maximum atomic E-state index is 13.6. The largest absolute Gasteiger partial charge is 0.328 e. The molecular formula is C14H10F2N2. The molecule has 0 aliphatic rings. The molecular weight excluding hydrogens is 234 g/mol. The molecule has 90 valence electrons. The molecule has 0 N–H and O–H groups in total. The maximum absolute atomic E-state index is 13.6. The first-order chi connectivity index (χ1) is 8.74. The molecule has 0 amide bonds. The molecule has 1 aromatic carbocycles. The van der Waals surface area contributed by atoms with Gasteiger partial charge < -0.3 is 4.57 Å². The Hall–Kier alpha value is -2.23. The maximum Gasteiger partial charge on any atom is 0.140 e. The van der Waals surface area contributed by atoms with Crippen LogP contribution < -0.4 is 0 Å². The van der Waals surface area contributed by atoms with Crippen LogP contribution in [0, 0.1) is 11.6 Å². The average Bonchev–Trinajstić information content (AvgIpc) is 2.76. The van der Waals surface area contributed by atoms with Crippen molar-refractivity contribution < 1.29 is 8.78 Å². The summed E-state index contributed by atoms with van der Waals surface area (Å²) in [5.74, 6) is -1.10. The fourth-order valence-electron chi connectivity index (χ4n) is 1.98. The van der Waals surface area contributed by atoms with Gasteiger partial charge in [-0.15, -0.1) is 0 Å². The molecule has 4 heteroatoms. The predicted octanol–water partition coefficient (Wildman–Crippen LogP) is 3.36. The lowest BCUT2D eigenvalue weighted by Crippen LogP contribution is -2.01. The molecule has 0 saturated carbocycles. The number of hydrogen-bond donors (Lipinski definition) is 0. The highest BCUT2D eigenvalue weighted by Gasteiger charge is 2.07. The average molecular weight is 244 g/mol. The van der Waals surface area contributed by atoms with E-state index in [4.69, 9.17) is 0 Å². The van der Waals surface area contributed by atoms with Crippen LogP contribution in [0.3, 0.4) is 0 Å². The van der Waals surface area contributed by atoms with E-state index in [1.165, 1.54) is 12.1 Å². The number of rotatable bonds is 2. The van der Waals surface area contributed by atoms with E-state index in [2.05, 4.69) is 4.98 Å². The smallest absolute Gasteiger partial charge is 0.140 e. The number of nitrogens with zero attached hydrogens (tertiary/aromatic N) is 2. The van der Waals surface area contributed by atoms with Crippen LogP contribution >= 0.6 is 0 Å². The summed E-state index contributed by atoms with van der Waals surface area (Å²) in [7, 11) is 0. The number of aromatic nitrogens is 2. The van der Waals surface area contributed by atoms with Crippen molar-refractivity contribution in [3.63, 3.8) is 0 Å². The summed E-state index contributed by atoms with van der Waals surface area (Å²) in [6.45, 7) is 0.340. The highest BCUT2D eigenvalue weighted by atomic mass is 19.1. The third kappa shape index (κ3) is 1.86. The minimum Gasteiger partial charge on any atom is -0.328 e. The van der Waals surface area contributed by atoms with Crippen LogP contribution in [0.1, 0.15) is 5.56 Å². The van der Waals surface area contributed by atoms with Gasteiger partial charge in [0.15, 0.2) is 0 Å². The Kier molecular flexibility index (Phi) is 2.55. The number of hydrogen-bond acceptors (Lipinski definition) is 1. The molecule has 0 unspecified atom stereocenters. The van der Waals surface area contributed by atoms with Crippen molar-refractivity contribution in [3.05, 3.63) is 66.0 Å². The molecule has 0 saturated heterocycles. The summed E-state index contributed by atoms with van der Waals surface area (Å²) < 4.78 is 28.2. The molecule has 0 atom stereocenters. The SMILES string of the molecule is Fc1ccc(Cn2ccc3cccnc32)c(F)c1. The van der Waals surface area contributed by atoms with Gasteiger partial charge in [-0.2, -0.15) is 0 Å². The topological polar surface area (TPSA) is 17.8 Å². The highest BCUT2D eigenvalue weighted by molar-refractivity contribution is 5.75. The summed E-state index contributed by atoms with van der Waals surface area (Å²) in [6, 6.07) is 9.33. The van der Waals surface area contributed by atoms with Gasteiger partial charge in [0.2, 0.25) is 0 Å². The van der Waals surface area contributed by atoms with E-state index in [9.17, 15) is 8.78 Å². The minimum absolute atomic E-state index is 0.340. The molecule has 0 radical (unpaired) electrons. The van der Waals surface area contributed by atoms with Gasteiger partial charge >= 0.3 is 0 Å². The molecule has 0 aliphatic heterocycles. The lowest BCUT2D eigenvalue weighted by molar-refractivity contribution is 0.567. The number of fused-ring (bicyclic) bond motifs is 1. The summed E-state index contributed by atoms with van der Waals surface area (Å²) in [5.41, 5.74) is 1.24. The third-order valence-corrected chi connectivity index (χ3v) is 2.88. The summed E-state index contributed by atoms with van der Waals surface area (Å²) in [6.07, 6.45) is 3.54. The van der Waals surface area contributed by atoms with Crippen LogP contribution in [0.2, 0.25) is 0 Å². The second-order valence-corrected chi connectivity index (χ2v) is 4.10. The quantitative estimate of drug-likeness (QED) is 0.675. The van der Waals surface area contributed by atoms with E-state index in [0.717, 1.165) is 17.1 Å². The first-order valence-electron chi connectivity index (χ1n) is 5.58. The molecule has 18 heavy (non-hydrogen) atoms. The van der Waals surface area contributed by atoms with Crippen LogP contribution in [0.15, 0.2) is 48.8 Å². The number of benzene rings is 1. The van der Waals surface area contributed by atoms with Gasteiger partial charge in [-0.3, -0.25) is 0 Å². The Balaban J connectivity index is 2.01. The number of pyridine rings is 1. The van der Waals surface area contributed by atoms with E-state index in [0.29, 0.717) is 12.1 Å². The molecule has 3 aromatic rings. The second kappa shape index (κ2) is 4.22. The van der Waals surface area contributed by atoms with Gasteiger partial charge in [0.05, 0.1) is 6.54 Å². The van der Waals surface area contributed by atoms with E-state index in [1.54, 1.807) is 6.20 Å². The Labute approximate surface area is 103 Å². The standard InChI is InChI=1S/C14H10F2N2/c15-12-4-3-11(13(16)8-12)9-18-7-5-10-2-1-6-17-14(10)18/h1-8H,9H2. The molecule has 2 aromatic heterocycles. The van der Waals surface area contributed by atoms with Crippen LogP contribution in [0.25, 0.3) is 11.0 Å². The molecule has 0 spiro atoms. The van der Waals surface area contributed by atoms with Crippen molar-refractivity contribution >= 4 is 11.0 Å². The van der Waals surface area contributed by atoms with Gasteiger partial charge in [0.1, 0.15) is 17.3 Å². The van der Waals surface area contributed by atoms with E-state index >= 15 is 0 Å². The van der Waals surface area contributed by atoms with E-state index in [1.807, 2.05) is 29.0 Å². The minimum atomic E-state index is -0.563. The van der Waals surface area contributed by atoms with E-state index in [-0.39, 0.29) is 0 Å². The highest BCUT2D eigenvalue weighted by Crippen LogP contribution is 2.16. The molecule has 2 heterocycles. The zero-order valence-electron chi connectivity index (χ0n) is 9.48. The third-order valence-electron chi connectivity index (χ3n) is 2.88. The van der Waals surface area contributed by atoms with Crippen molar-refractivity contribution in [2.45, 2.75) is 6.54 Å². The lowest BCUT2D eigenvalue weighted by atomic mass is 10.2. The zero-order valence-corrected chi connectivity index (χ0v) is 9.48. The lowest BCUT2D eigenvalue weighted by Gasteiger charge is -2.06. The fourth-order valence-corrected chi connectivity index (χ4v) is 1.98. The molecule has 3 rings (SSSR count). The van der Waals surface area contributed by atoms with Crippen LogP contribution in [0.5, 0.6) is 0 Å². The van der Waals surface area contributed by atoms with Gasteiger partial charge in [-0.05, 0) is 24.3 Å². The van der Waals surface area contributed by atoms with Crippen LogP contribution in [0.4, 0.5) is 8.78 Å². The molecule has 0 aliphatic carbocycles. The van der Waals surface area contributed by atoms with Crippen LogP contribution in [-0.4, -0.2) is 9.55 Å². The molecule has 0 bridgehead atoms. The van der Waals surface area contributed by atoms with Gasteiger partial charge in [-0.1, -0.05) is 6.07 Å². The van der Waals surface area contributed by atoms with Gasteiger partial charge in [0.25, 0.3) is 0 Å². The summed E-state index contributed by atoms with van der Waals surface area (Å²) >= 11 is 0. The van der Waals surface area contributed by atoms with Crippen molar-refractivity contribution in [1.82, 2.24) is 9.55 Å². The Morgan fingerprint density at radius 1 is 1.11 bits per heavy atom. The van der Waals surface area contributed by atoms with Crippen molar-refractivity contribution in [2.24, 2.45) is 0 Å². The zero-order chi connectivity index (χ0) is 12.5. The number of halogens is 2. The second-order valence-electron chi connectivity index (χ2n) is 4.10. The van der Waals surface area contributed by atoms with Gasteiger partial charge in [-0.25, -0.2) is 13.8 Å².